The molecule has 2 rings (SSSR count). The van der Waals surface area contributed by atoms with Crippen LogP contribution in [0.3, 0.4) is 0 Å². The van der Waals surface area contributed by atoms with Crippen LogP contribution >= 0.6 is 22.9 Å². The maximum Gasteiger partial charge on any atom is 0.0558 e. The Morgan fingerprint density at radius 2 is 2.20 bits per heavy atom. The molecular formula is C11H17ClN2S. The van der Waals surface area contributed by atoms with Crippen LogP contribution in [0.15, 0.2) is 11.4 Å². The van der Waals surface area contributed by atoms with Gasteiger partial charge in [-0.15, -0.1) is 11.3 Å². The molecule has 0 aliphatic carbocycles. The molecule has 1 fully saturated rings. The van der Waals surface area contributed by atoms with Crippen LogP contribution in [0, 0.1) is 5.92 Å². The Kier molecular flexibility index (Phi) is 4.03. The van der Waals surface area contributed by atoms with Crippen LogP contribution in [0.25, 0.3) is 0 Å². The van der Waals surface area contributed by atoms with Gasteiger partial charge in [0.15, 0.2) is 0 Å². The normalized spacial score (nSPS) is 19.6. The molecule has 1 saturated heterocycles. The Hall–Kier alpha value is -0.0900. The van der Waals surface area contributed by atoms with Crippen molar-refractivity contribution in [1.82, 2.24) is 4.90 Å². The lowest BCUT2D eigenvalue weighted by atomic mass is 9.97. The zero-order chi connectivity index (χ0) is 10.7. The summed E-state index contributed by atoms with van der Waals surface area (Å²) in [6.07, 6.45) is 2.47. The van der Waals surface area contributed by atoms with Crippen molar-refractivity contribution < 1.29 is 0 Å². The van der Waals surface area contributed by atoms with E-state index in [0.29, 0.717) is 0 Å². The average Bonchev–Trinajstić information content (AvgIpc) is 2.66. The van der Waals surface area contributed by atoms with Gasteiger partial charge in [0.2, 0.25) is 0 Å². The first kappa shape index (κ1) is 11.4. The summed E-state index contributed by atoms with van der Waals surface area (Å²) in [4.78, 5) is 3.77. The van der Waals surface area contributed by atoms with E-state index in [2.05, 4.69) is 10.3 Å². The van der Waals surface area contributed by atoms with Crippen molar-refractivity contribution in [3.8, 4) is 0 Å². The zero-order valence-electron chi connectivity index (χ0n) is 8.79. The molecule has 1 aromatic heterocycles. The number of rotatable bonds is 3. The highest BCUT2D eigenvalue weighted by Gasteiger charge is 2.18. The van der Waals surface area contributed by atoms with Crippen LogP contribution in [-0.4, -0.2) is 24.5 Å². The molecule has 2 N–H and O–H groups in total. The first-order valence-electron chi connectivity index (χ1n) is 5.44. The molecule has 0 unspecified atom stereocenters. The van der Waals surface area contributed by atoms with Gasteiger partial charge in [0.05, 0.1) is 5.02 Å². The van der Waals surface area contributed by atoms with Crippen molar-refractivity contribution in [2.45, 2.75) is 19.4 Å². The molecule has 0 atom stereocenters. The average molecular weight is 245 g/mol. The van der Waals surface area contributed by atoms with Crippen LogP contribution < -0.4 is 5.73 Å². The molecule has 4 heteroatoms. The first-order chi connectivity index (χ1) is 7.29. The molecule has 0 bridgehead atoms. The summed E-state index contributed by atoms with van der Waals surface area (Å²) in [6.45, 7) is 4.17. The van der Waals surface area contributed by atoms with Gasteiger partial charge in [0.1, 0.15) is 0 Å². The number of halogens is 1. The van der Waals surface area contributed by atoms with Gasteiger partial charge in [-0.2, -0.15) is 0 Å². The van der Waals surface area contributed by atoms with E-state index < -0.39 is 0 Å². The topological polar surface area (TPSA) is 29.3 Å². The van der Waals surface area contributed by atoms with Gasteiger partial charge in [-0.05, 0) is 49.8 Å². The fraction of sp³-hybridized carbons (Fsp3) is 0.636. The smallest absolute Gasteiger partial charge is 0.0558 e. The predicted molar refractivity (Wildman–Crippen MR) is 66.4 cm³/mol. The lowest BCUT2D eigenvalue weighted by Crippen LogP contribution is -2.35. The number of nitrogens with two attached hydrogens (primary N) is 1. The molecule has 2 heterocycles. The fourth-order valence-corrected chi connectivity index (χ4v) is 3.16. The highest BCUT2D eigenvalue weighted by atomic mass is 35.5. The minimum Gasteiger partial charge on any atom is -0.330 e. The van der Waals surface area contributed by atoms with Gasteiger partial charge in [-0.25, -0.2) is 0 Å². The second-order valence-electron chi connectivity index (χ2n) is 4.15. The Morgan fingerprint density at radius 3 is 2.73 bits per heavy atom. The molecule has 0 amide bonds. The third kappa shape index (κ3) is 2.94. The summed E-state index contributed by atoms with van der Waals surface area (Å²) in [7, 11) is 0. The highest BCUT2D eigenvalue weighted by molar-refractivity contribution is 7.10. The maximum absolute atomic E-state index is 6.08. The number of likely N-dealkylation sites (tertiary alicyclic amines) is 1. The largest absolute Gasteiger partial charge is 0.330 e. The van der Waals surface area contributed by atoms with Crippen LogP contribution in [0.2, 0.25) is 5.02 Å². The quantitative estimate of drug-likeness (QED) is 0.886. The van der Waals surface area contributed by atoms with E-state index >= 15 is 0 Å². The number of piperidine rings is 1. The Balaban J connectivity index is 1.85. The van der Waals surface area contributed by atoms with Crippen molar-refractivity contribution in [2.75, 3.05) is 19.6 Å². The van der Waals surface area contributed by atoms with E-state index in [0.717, 1.165) is 37.1 Å². The van der Waals surface area contributed by atoms with E-state index in [1.807, 2.05) is 6.07 Å². The lowest BCUT2D eigenvalue weighted by Gasteiger charge is -2.30. The molecule has 84 valence electrons. The van der Waals surface area contributed by atoms with Crippen LogP contribution in [0.4, 0.5) is 0 Å². The third-order valence-electron chi connectivity index (χ3n) is 3.10. The molecule has 1 aliphatic rings. The van der Waals surface area contributed by atoms with Crippen molar-refractivity contribution in [1.29, 1.82) is 0 Å². The maximum atomic E-state index is 6.08. The summed E-state index contributed by atoms with van der Waals surface area (Å²) in [6, 6.07) is 1.98. The Bertz CT molecular complexity index is 305. The van der Waals surface area contributed by atoms with Gasteiger partial charge in [0, 0.05) is 11.4 Å². The van der Waals surface area contributed by atoms with Gasteiger partial charge in [-0.3, -0.25) is 4.90 Å². The monoisotopic (exact) mass is 244 g/mol. The summed E-state index contributed by atoms with van der Waals surface area (Å²) < 4.78 is 0. The number of hydrogen-bond acceptors (Lipinski definition) is 3. The van der Waals surface area contributed by atoms with E-state index in [1.54, 1.807) is 11.3 Å². The summed E-state index contributed by atoms with van der Waals surface area (Å²) >= 11 is 7.83. The second kappa shape index (κ2) is 5.30. The SMILES string of the molecule is NCC1CCN(Cc2sccc2Cl)CC1. The van der Waals surface area contributed by atoms with Crippen molar-refractivity contribution in [3.05, 3.63) is 21.3 Å². The van der Waals surface area contributed by atoms with E-state index in [4.69, 9.17) is 17.3 Å². The third-order valence-corrected chi connectivity index (χ3v) is 4.47. The molecule has 1 aromatic rings. The standard InChI is InChI=1S/C11H17ClN2S/c12-10-3-6-15-11(10)8-14-4-1-9(7-13)2-5-14/h3,6,9H,1-2,4-5,7-8,13H2. The van der Waals surface area contributed by atoms with Gasteiger partial charge in [-0.1, -0.05) is 11.6 Å². The second-order valence-corrected chi connectivity index (χ2v) is 5.55. The predicted octanol–water partition coefficient (Wildman–Crippen LogP) is 2.57. The van der Waals surface area contributed by atoms with Gasteiger partial charge >= 0.3 is 0 Å². The number of hydrogen-bond donors (Lipinski definition) is 1. The summed E-state index contributed by atoms with van der Waals surface area (Å²) in [5, 5.41) is 2.98. The fourth-order valence-electron chi connectivity index (χ4n) is 2.02. The number of thiophene rings is 1. The van der Waals surface area contributed by atoms with Gasteiger partial charge in [0.25, 0.3) is 0 Å². The molecular weight excluding hydrogens is 228 g/mol. The van der Waals surface area contributed by atoms with Crippen LogP contribution in [0.5, 0.6) is 0 Å². The molecule has 0 radical (unpaired) electrons. The van der Waals surface area contributed by atoms with Crippen molar-refractivity contribution >= 4 is 22.9 Å². The molecule has 0 spiro atoms. The van der Waals surface area contributed by atoms with Crippen molar-refractivity contribution in [3.63, 3.8) is 0 Å². The van der Waals surface area contributed by atoms with Gasteiger partial charge < -0.3 is 5.73 Å². The minimum atomic E-state index is 0.736. The van der Waals surface area contributed by atoms with Crippen LogP contribution in [-0.2, 0) is 6.54 Å². The zero-order valence-corrected chi connectivity index (χ0v) is 10.4. The summed E-state index contributed by atoms with van der Waals surface area (Å²) in [5.74, 6) is 0.736. The first-order valence-corrected chi connectivity index (χ1v) is 6.69. The molecule has 0 saturated carbocycles. The minimum absolute atomic E-state index is 0.736. The lowest BCUT2D eigenvalue weighted by molar-refractivity contribution is 0.182. The van der Waals surface area contributed by atoms with Crippen molar-refractivity contribution in [2.24, 2.45) is 11.7 Å². The highest BCUT2D eigenvalue weighted by Crippen LogP contribution is 2.25. The molecule has 0 aromatic carbocycles. The van der Waals surface area contributed by atoms with E-state index in [-0.39, 0.29) is 0 Å². The molecule has 15 heavy (non-hydrogen) atoms. The molecule has 1 aliphatic heterocycles. The van der Waals surface area contributed by atoms with E-state index in [9.17, 15) is 0 Å². The number of nitrogens with zero attached hydrogens (tertiary/aromatic N) is 1. The molecule has 2 nitrogen and oxygen atoms in total. The Morgan fingerprint density at radius 1 is 1.47 bits per heavy atom. The Labute approximate surface area is 100 Å². The summed E-state index contributed by atoms with van der Waals surface area (Å²) in [5.41, 5.74) is 5.67. The van der Waals surface area contributed by atoms with E-state index in [1.165, 1.54) is 17.7 Å². The van der Waals surface area contributed by atoms with Crippen LogP contribution in [0.1, 0.15) is 17.7 Å².